The van der Waals surface area contributed by atoms with E-state index in [1.54, 1.807) is 23.9 Å². The predicted octanol–water partition coefficient (Wildman–Crippen LogP) is 2.93. The van der Waals surface area contributed by atoms with Gasteiger partial charge in [0.2, 0.25) is 5.95 Å². The quantitative estimate of drug-likeness (QED) is 0.649. The molecule has 0 saturated heterocycles. The van der Waals surface area contributed by atoms with E-state index in [-0.39, 0.29) is 23.9 Å². The van der Waals surface area contributed by atoms with Gasteiger partial charge in [-0.25, -0.2) is 9.97 Å². The van der Waals surface area contributed by atoms with E-state index in [9.17, 15) is 9.59 Å². The first kappa shape index (κ1) is 16.7. The van der Waals surface area contributed by atoms with Crippen molar-refractivity contribution in [3.05, 3.63) is 47.8 Å². The van der Waals surface area contributed by atoms with Gasteiger partial charge in [0.1, 0.15) is 0 Å². The monoisotopic (exact) mass is 380 g/mol. The number of thioether (sulfide) groups is 1. The Hall–Kier alpha value is -2.41. The van der Waals surface area contributed by atoms with Crippen LogP contribution in [0.4, 0.5) is 5.95 Å². The average Bonchev–Trinajstić information content (AvgIpc) is 3.10. The van der Waals surface area contributed by atoms with Gasteiger partial charge in [-0.2, -0.15) is 0 Å². The number of rotatable bonds is 4. The predicted molar refractivity (Wildman–Crippen MR) is 103 cm³/mol. The van der Waals surface area contributed by atoms with Gasteiger partial charge in [-0.1, -0.05) is 19.1 Å². The number of aromatic nitrogens is 2. The molecule has 5 atom stereocenters. The molecule has 6 nitrogen and oxygen atoms in total. The summed E-state index contributed by atoms with van der Waals surface area (Å²) in [4.78, 5) is 37.0. The molecule has 2 aromatic rings. The summed E-state index contributed by atoms with van der Waals surface area (Å²) in [5.41, 5.74) is 1.06. The van der Waals surface area contributed by atoms with Crippen molar-refractivity contribution in [2.45, 2.75) is 30.3 Å². The van der Waals surface area contributed by atoms with Gasteiger partial charge < -0.3 is 5.32 Å². The standard InChI is InChI=1S/C20H20N4O2S/c1-10-16-14(23-20-21-8-11(27-2)9-22-20)7-15(17(10)16)24-18(25)12-5-3-4-6-13(12)19(24)26/h3-6,8-10,14-17H,7H2,1-2H3,(H,21,22,23)/t10?,14-,15-,16?,17?/m1/s1. The second-order valence-electron chi connectivity index (χ2n) is 7.54. The van der Waals surface area contributed by atoms with Crippen LogP contribution in [0.3, 0.4) is 0 Å². The highest BCUT2D eigenvalue weighted by Crippen LogP contribution is 2.59. The number of amides is 2. The fourth-order valence-corrected chi connectivity index (χ4v) is 5.26. The van der Waals surface area contributed by atoms with Crippen LogP contribution in [0.1, 0.15) is 34.1 Å². The molecule has 2 aliphatic carbocycles. The van der Waals surface area contributed by atoms with E-state index < -0.39 is 0 Å². The average molecular weight is 380 g/mol. The van der Waals surface area contributed by atoms with E-state index >= 15 is 0 Å². The smallest absolute Gasteiger partial charge is 0.261 e. The van der Waals surface area contributed by atoms with Crippen molar-refractivity contribution in [3.8, 4) is 0 Å². The summed E-state index contributed by atoms with van der Waals surface area (Å²) < 4.78 is 0. The Labute approximate surface area is 161 Å². The molecule has 3 unspecified atom stereocenters. The fourth-order valence-electron chi connectivity index (χ4n) is 4.95. The van der Waals surface area contributed by atoms with Crippen LogP contribution in [0.25, 0.3) is 0 Å². The van der Waals surface area contributed by atoms with Gasteiger partial charge in [-0.3, -0.25) is 14.5 Å². The Bertz CT molecular complexity index is 897. The minimum Gasteiger partial charge on any atom is -0.351 e. The molecule has 138 valence electrons. The summed E-state index contributed by atoms with van der Waals surface area (Å²) in [7, 11) is 0. The number of hydrogen-bond acceptors (Lipinski definition) is 6. The molecule has 0 bridgehead atoms. The van der Waals surface area contributed by atoms with Crippen molar-refractivity contribution in [2.24, 2.45) is 17.8 Å². The highest BCUT2D eigenvalue weighted by molar-refractivity contribution is 7.98. The van der Waals surface area contributed by atoms with Crippen LogP contribution in [0.5, 0.6) is 0 Å². The third-order valence-electron chi connectivity index (χ3n) is 6.26. The maximum Gasteiger partial charge on any atom is 0.261 e. The van der Waals surface area contributed by atoms with Crippen LogP contribution >= 0.6 is 11.8 Å². The lowest BCUT2D eigenvalue weighted by molar-refractivity contribution is 0.0564. The molecule has 0 radical (unpaired) electrons. The molecule has 5 rings (SSSR count). The Morgan fingerprint density at radius 2 is 1.70 bits per heavy atom. The molecule has 1 aromatic heterocycles. The molecule has 1 aliphatic heterocycles. The number of benzene rings is 1. The first-order chi connectivity index (χ1) is 13.1. The van der Waals surface area contributed by atoms with E-state index in [1.165, 1.54) is 4.90 Å². The minimum atomic E-state index is -0.153. The summed E-state index contributed by atoms with van der Waals surface area (Å²) in [5.74, 6) is 1.59. The van der Waals surface area contributed by atoms with E-state index in [2.05, 4.69) is 22.2 Å². The summed E-state index contributed by atoms with van der Waals surface area (Å²) in [5, 5.41) is 3.44. The van der Waals surface area contributed by atoms with E-state index in [4.69, 9.17) is 0 Å². The Kier molecular flexibility index (Phi) is 3.75. The first-order valence-electron chi connectivity index (χ1n) is 9.19. The summed E-state index contributed by atoms with van der Waals surface area (Å²) in [6.07, 6.45) is 6.36. The zero-order valence-corrected chi connectivity index (χ0v) is 15.9. The maximum atomic E-state index is 12.9. The van der Waals surface area contributed by atoms with Gasteiger partial charge in [0, 0.05) is 29.4 Å². The van der Waals surface area contributed by atoms with Crippen molar-refractivity contribution >= 4 is 29.5 Å². The third-order valence-corrected chi connectivity index (χ3v) is 6.94. The Balaban J connectivity index is 1.37. The normalized spacial score (nSPS) is 31.0. The summed E-state index contributed by atoms with van der Waals surface area (Å²) in [6.45, 7) is 2.20. The zero-order valence-electron chi connectivity index (χ0n) is 15.1. The van der Waals surface area contributed by atoms with Crippen LogP contribution in [-0.4, -0.2) is 45.0 Å². The SMILES string of the molecule is CSc1cnc(N[C@@H]2C[C@@H](N3C(=O)c4ccccc4C3=O)C3C(C)C32)nc1. The molecule has 3 aliphatic rings. The number of anilines is 1. The molecule has 0 spiro atoms. The lowest BCUT2D eigenvalue weighted by atomic mass is 10.0. The number of nitrogens with zero attached hydrogens (tertiary/aromatic N) is 3. The van der Waals surface area contributed by atoms with Gasteiger partial charge in [0.15, 0.2) is 0 Å². The fraction of sp³-hybridized carbons (Fsp3) is 0.400. The molecular weight excluding hydrogens is 360 g/mol. The zero-order chi connectivity index (χ0) is 18.7. The second-order valence-corrected chi connectivity index (χ2v) is 8.42. The van der Waals surface area contributed by atoms with Crippen LogP contribution in [-0.2, 0) is 0 Å². The van der Waals surface area contributed by atoms with Crippen LogP contribution in [0, 0.1) is 17.8 Å². The number of hydrogen-bond donors (Lipinski definition) is 1. The molecule has 2 saturated carbocycles. The van der Waals surface area contributed by atoms with Crippen molar-refractivity contribution in [1.82, 2.24) is 14.9 Å². The maximum absolute atomic E-state index is 12.9. The number of carbonyl (C=O) groups excluding carboxylic acids is 2. The van der Waals surface area contributed by atoms with E-state index in [0.29, 0.717) is 34.8 Å². The molecule has 1 aromatic carbocycles. The number of carbonyl (C=O) groups is 2. The highest BCUT2D eigenvalue weighted by Gasteiger charge is 2.64. The van der Waals surface area contributed by atoms with Gasteiger partial charge in [-0.05, 0) is 42.6 Å². The van der Waals surface area contributed by atoms with Crippen molar-refractivity contribution in [3.63, 3.8) is 0 Å². The van der Waals surface area contributed by atoms with E-state index in [1.807, 2.05) is 30.8 Å². The Morgan fingerprint density at radius 3 is 2.30 bits per heavy atom. The molecule has 2 amide bonds. The number of nitrogens with one attached hydrogen (secondary N) is 1. The van der Waals surface area contributed by atoms with Crippen molar-refractivity contribution in [1.29, 1.82) is 0 Å². The van der Waals surface area contributed by atoms with E-state index in [0.717, 1.165) is 11.3 Å². The van der Waals surface area contributed by atoms with Gasteiger partial charge >= 0.3 is 0 Å². The minimum absolute atomic E-state index is 0.0552. The number of imide groups is 1. The lowest BCUT2D eigenvalue weighted by Crippen LogP contribution is -2.42. The lowest BCUT2D eigenvalue weighted by Gasteiger charge is -2.26. The molecule has 2 heterocycles. The highest BCUT2D eigenvalue weighted by atomic mass is 32.2. The van der Waals surface area contributed by atoms with Crippen molar-refractivity contribution < 1.29 is 9.59 Å². The van der Waals surface area contributed by atoms with Crippen LogP contribution in [0.15, 0.2) is 41.6 Å². The van der Waals surface area contributed by atoms with Gasteiger partial charge in [0.05, 0.1) is 11.1 Å². The molecular formula is C20H20N4O2S. The number of fused-ring (bicyclic) bond motifs is 2. The molecule has 7 heteroatoms. The van der Waals surface area contributed by atoms with Crippen LogP contribution in [0.2, 0.25) is 0 Å². The Morgan fingerprint density at radius 1 is 1.07 bits per heavy atom. The summed E-state index contributed by atoms with van der Waals surface area (Å²) >= 11 is 1.61. The van der Waals surface area contributed by atoms with Crippen molar-refractivity contribution in [2.75, 3.05) is 11.6 Å². The molecule has 2 fully saturated rings. The summed E-state index contributed by atoms with van der Waals surface area (Å²) in [6, 6.07) is 7.24. The first-order valence-corrected chi connectivity index (χ1v) is 10.4. The second kappa shape index (κ2) is 6.05. The molecule has 27 heavy (non-hydrogen) atoms. The topological polar surface area (TPSA) is 75.2 Å². The third kappa shape index (κ3) is 2.48. The van der Waals surface area contributed by atoms with Crippen LogP contribution < -0.4 is 5.32 Å². The van der Waals surface area contributed by atoms with Gasteiger partial charge in [-0.15, -0.1) is 11.8 Å². The van der Waals surface area contributed by atoms with Gasteiger partial charge in [0.25, 0.3) is 11.8 Å². The molecule has 1 N–H and O–H groups in total. The largest absolute Gasteiger partial charge is 0.351 e.